The van der Waals surface area contributed by atoms with E-state index < -0.39 is 0 Å². The smallest absolute Gasteiger partial charge is 0.191 e. The van der Waals surface area contributed by atoms with E-state index in [1.54, 1.807) is 18.4 Å². The molecule has 0 fully saturated rings. The second-order valence-electron chi connectivity index (χ2n) is 5.35. The van der Waals surface area contributed by atoms with Gasteiger partial charge in [0.15, 0.2) is 11.1 Å². The molecule has 1 heterocycles. The summed E-state index contributed by atoms with van der Waals surface area (Å²) in [6.45, 7) is 1.41. The number of halogens is 3. The maximum atomic E-state index is 6.04. The van der Waals surface area contributed by atoms with Gasteiger partial charge in [0, 0.05) is 42.6 Å². The van der Waals surface area contributed by atoms with Crippen LogP contribution in [0.15, 0.2) is 33.0 Å². The normalized spacial score (nSPS) is 11.0. The highest BCUT2D eigenvalue weighted by molar-refractivity contribution is 14.0. The molecule has 9 heteroatoms. The number of rotatable bonds is 6. The topological polar surface area (TPSA) is 52.6 Å². The van der Waals surface area contributed by atoms with Crippen LogP contribution in [0.25, 0.3) is 0 Å². The number of benzene rings is 1. The van der Waals surface area contributed by atoms with E-state index in [1.165, 1.54) is 5.56 Å². The van der Waals surface area contributed by atoms with Gasteiger partial charge < -0.3 is 15.5 Å². The van der Waals surface area contributed by atoms with E-state index >= 15 is 0 Å². The zero-order valence-electron chi connectivity index (χ0n) is 14.3. The lowest BCUT2D eigenvalue weighted by molar-refractivity contribution is 0.785. The number of nitrogens with one attached hydrogen (secondary N) is 2. The van der Waals surface area contributed by atoms with Crippen LogP contribution in [0.2, 0.25) is 5.02 Å². The number of thiazole rings is 1. The summed E-state index contributed by atoms with van der Waals surface area (Å²) in [6.07, 6.45) is 0.851. The first kappa shape index (κ1) is 22.5. The number of anilines is 1. The molecule has 2 aromatic rings. The number of guanidine groups is 1. The molecule has 0 aliphatic carbocycles. The minimum Gasteiger partial charge on any atom is -0.356 e. The molecule has 0 bridgehead atoms. The van der Waals surface area contributed by atoms with Crippen LogP contribution >= 0.6 is 62.8 Å². The van der Waals surface area contributed by atoms with Crippen molar-refractivity contribution < 1.29 is 0 Å². The van der Waals surface area contributed by atoms with Gasteiger partial charge in [-0.25, -0.2) is 4.98 Å². The predicted molar refractivity (Wildman–Crippen MR) is 123 cm³/mol. The van der Waals surface area contributed by atoms with Crippen LogP contribution in [0.3, 0.4) is 0 Å². The van der Waals surface area contributed by atoms with Gasteiger partial charge in [0.25, 0.3) is 0 Å². The van der Waals surface area contributed by atoms with Crippen LogP contribution in [-0.2, 0) is 13.0 Å². The molecule has 2 N–H and O–H groups in total. The van der Waals surface area contributed by atoms with Crippen LogP contribution in [0.4, 0.5) is 5.13 Å². The van der Waals surface area contributed by atoms with E-state index in [0.717, 1.165) is 39.2 Å². The fraction of sp³-hybridized carbons (Fsp3) is 0.375. The Hall–Kier alpha value is -0.580. The maximum Gasteiger partial charge on any atom is 0.191 e. The van der Waals surface area contributed by atoms with Gasteiger partial charge in [-0.1, -0.05) is 27.5 Å². The second-order valence-corrected chi connectivity index (χ2v) is 7.48. The van der Waals surface area contributed by atoms with Gasteiger partial charge in [-0.2, -0.15) is 0 Å². The molecule has 0 aliphatic rings. The second kappa shape index (κ2) is 11.2. The number of aromatic nitrogens is 1. The molecule has 0 saturated heterocycles. The summed E-state index contributed by atoms with van der Waals surface area (Å²) in [5.74, 6) is 0.757. The Kier molecular flexibility index (Phi) is 10.1. The molecule has 138 valence electrons. The zero-order valence-corrected chi connectivity index (χ0v) is 19.8. The Morgan fingerprint density at radius 2 is 2.12 bits per heavy atom. The van der Waals surface area contributed by atoms with Crippen molar-refractivity contribution in [1.82, 2.24) is 15.6 Å². The molecule has 25 heavy (non-hydrogen) atoms. The SMILES string of the molecule is CN=C(NCCc1cc(Cl)ccc1Br)NCc1csc(N(C)C)n1.I. The van der Waals surface area contributed by atoms with E-state index in [0.29, 0.717) is 6.54 Å². The number of nitrogens with zero attached hydrogens (tertiary/aromatic N) is 3. The van der Waals surface area contributed by atoms with E-state index in [2.05, 4.69) is 41.9 Å². The van der Waals surface area contributed by atoms with Crippen molar-refractivity contribution in [2.45, 2.75) is 13.0 Å². The van der Waals surface area contributed by atoms with E-state index in [9.17, 15) is 0 Å². The van der Waals surface area contributed by atoms with Gasteiger partial charge in [-0.05, 0) is 30.2 Å². The van der Waals surface area contributed by atoms with Crippen LogP contribution in [-0.4, -0.2) is 38.6 Å². The molecule has 0 amide bonds. The van der Waals surface area contributed by atoms with Crippen LogP contribution in [0.5, 0.6) is 0 Å². The van der Waals surface area contributed by atoms with Gasteiger partial charge in [-0.3, -0.25) is 4.99 Å². The van der Waals surface area contributed by atoms with Crippen LogP contribution < -0.4 is 15.5 Å². The highest BCUT2D eigenvalue weighted by Crippen LogP contribution is 2.21. The molecule has 0 radical (unpaired) electrons. The number of hydrogen-bond acceptors (Lipinski definition) is 4. The fourth-order valence-corrected chi connectivity index (χ4v) is 3.43. The molecule has 0 atom stereocenters. The van der Waals surface area contributed by atoms with Gasteiger partial charge >= 0.3 is 0 Å². The Morgan fingerprint density at radius 1 is 1.36 bits per heavy atom. The van der Waals surface area contributed by atoms with Gasteiger partial charge in [0.2, 0.25) is 0 Å². The van der Waals surface area contributed by atoms with E-state index in [4.69, 9.17) is 11.6 Å². The lowest BCUT2D eigenvalue weighted by atomic mass is 10.1. The molecule has 0 aliphatic heterocycles. The highest BCUT2D eigenvalue weighted by Gasteiger charge is 2.05. The van der Waals surface area contributed by atoms with Crippen LogP contribution in [0.1, 0.15) is 11.3 Å². The first-order valence-electron chi connectivity index (χ1n) is 7.49. The molecule has 0 saturated carbocycles. The highest BCUT2D eigenvalue weighted by atomic mass is 127. The first-order valence-corrected chi connectivity index (χ1v) is 9.55. The summed E-state index contributed by atoms with van der Waals surface area (Å²) in [5, 5.41) is 10.4. The minimum absolute atomic E-state index is 0. The third-order valence-corrected chi connectivity index (χ3v) is 5.34. The molecular weight excluding hydrogens is 537 g/mol. The van der Waals surface area contributed by atoms with Crippen molar-refractivity contribution in [3.63, 3.8) is 0 Å². The average Bonchev–Trinajstić information content (AvgIpc) is 3.03. The van der Waals surface area contributed by atoms with Gasteiger partial charge in [-0.15, -0.1) is 35.3 Å². The molecule has 0 spiro atoms. The Bertz CT molecular complexity index is 708. The monoisotopic (exact) mass is 557 g/mol. The summed E-state index contributed by atoms with van der Waals surface area (Å²) in [4.78, 5) is 10.8. The molecule has 2 rings (SSSR count). The van der Waals surface area contributed by atoms with E-state index in [-0.39, 0.29) is 24.0 Å². The standard InChI is InChI=1S/C16H21BrClN5S.HI/c1-19-15(21-9-13-10-24-16(22-13)23(2)3)20-7-6-11-8-12(18)4-5-14(11)17;/h4-5,8,10H,6-7,9H2,1-3H3,(H2,19,20,21);1H. The Morgan fingerprint density at radius 3 is 2.76 bits per heavy atom. The average molecular weight is 559 g/mol. The minimum atomic E-state index is 0. The molecule has 0 unspecified atom stereocenters. The summed E-state index contributed by atoms with van der Waals surface area (Å²) < 4.78 is 1.07. The number of aliphatic imine (C=N–C) groups is 1. The quantitative estimate of drug-likeness (QED) is 0.318. The van der Waals surface area contributed by atoms with Crippen molar-refractivity contribution in [2.75, 3.05) is 32.6 Å². The Balaban J connectivity index is 0.00000312. The van der Waals surface area contributed by atoms with Crippen molar-refractivity contribution in [2.24, 2.45) is 4.99 Å². The van der Waals surface area contributed by atoms with Gasteiger partial charge in [0.05, 0.1) is 12.2 Å². The number of hydrogen-bond donors (Lipinski definition) is 2. The molecule has 1 aromatic carbocycles. The Labute approximate surface area is 183 Å². The summed E-state index contributed by atoms with van der Waals surface area (Å²) in [6, 6.07) is 5.82. The first-order chi connectivity index (χ1) is 11.5. The molecule has 5 nitrogen and oxygen atoms in total. The third kappa shape index (κ3) is 7.28. The summed E-state index contributed by atoms with van der Waals surface area (Å²) in [7, 11) is 5.74. The lowest BCUT2D eigenvalue weighted by Gasteiger charge is -2.12. The van der Waals surface area contributed by atoms with Crippen molar-refractivity contribution in [3.8, 4) is 0 Å². The fourth-order valence-electron chi connectivity index (χ4n) is 2.03. The lowest BCUT2D eigenvalue weighted by Crippen LogP contribution is -2.38. The van der Waals surface area contributed by atoms with E-state index in [1.807, 2.05) is 37.2 Å². The molecular formula is C16H22BrClIN5S. The molecule has 1 aromatic heterocycles. The largest absolute Gasteiger partial charge is 0.356 e. The summed E-state index contributed by atoms with van der Waals surface area (Å²) >= 11 is 11.2. The van der Waals surface area contributed by atoms with Crippen LogP contribution in [0, 0.1) is 0 Å². The van der Waals surface area contributed by atoms with Crippen molar-refractivity contribution in [1.29, 1.82) is 0 Å². The predicted octanol–water partition coefficient (Wildman–Crippen LogP) is 4.15. The zero-order chi connectivity index (χ0) is 17.5. The van der Waals surface area contributed by atoms with Crippen molar-refractivity contribution in [3.05, 3.63) is 44.3 Å². The summed E-state index contributed by atoms with van der Waals surface area (Å²) in [5.41, 5.74) is 2.17. The van der Waals surface area contributed by atoms with Crippen molar-refractivity contribution >= 4 is 73.9 Å². The van der Waals surface area contributed by atoms with Gasteiger partial charge in [0.1, 0.15) is 0 Å². The maximum absolute atomic E-state index is 6.04. The third-order valence-electron chi connectivity index (χ3n) is 3.28.